The van der Waals surface area contributed by atoms with Gasteiger partial charge in [-0.05, 0) is 37.6 Å². The van der Waals surface area contributed by atoms with Crippen LogP contribution >= 0.6 is 11.8 Å². The highest BCUT2D eigenvalue weighted by molar-refractivity contribution is 7.99. The molecule has 0 radical (unpaired) electrons. The van der Waals surface area contributed by atoms with Gasteiger partial charge in [0.2, 0.25) is 0 Å². The molecule has 0 aromatic heterocycles. The Balaban J connectivity index is 2.16. The third-order valence-corrected chi connectivity index (χ3v) is 4.31. The van der Waals surface area contributed by atoms with Crippen LogP contribution in [0.3, 0.4) is 0 Å². The van der Waals surface area contributed by atoms with E-state index in [1.807, 2.05) is 37.3 Å². The molecule has 23 heavy (non-hydrogen) atoms. The monoisotopic (exact) mass is 332 g/mol. The predicted molar refractivity (Wildman–Crippen MR) is 91.8 cm³/mol. The molecule has 0 aliphatic heterocycles. The Kier molecular flexibility index (Phi) is 6.15. The lowest BCUT2D eigenvalue weighted by Crippen LogP contribution is -2.23. The first-order valence-corrected chi connectivity index (χ1v) is 8.18. The van der Waals surface area contributed by atoms with Gasteiger partial charge in [0.15, 0.2) is 0 Å². The fourth-order valence-electron chi connectivity index (χ4n) is 2.06. The van der Waals surface area contributed by atoms with Crippen LogP contribution in [-0.4, -0.2) is 22.7 Å². The SMILES string of the molecule is Cc1ccc(Sc2ccc(CNCC(C)O)cc2[N+](=O)[O-])cc1. The van der Waals surface area contributed by atoms with Crippen LogP contribution in [0, 0.1) is 17.0 Å². The van der Waals surface area contributed by atoms with Gasteiger partial charge in [-0.15, -0.1) is 0 Å². The number of aliphatic hydroxyl groups is 1. The summed E-state index contributed by atoms with van der Waals surface area (Å²) in [4.78, 5) is 12.6. The Morgan fingerprint density at radius 2 is 1.96 bits per heavy atom. The highest BCUT2D eigenvalue weighted by Gasteiger charge is 2.15. The predicted octanol–water partition coefficient (Wildman–Crippen LogP) is 3.52. The molecule has 0 aliphatic carbocycles. The standard InChI is InChI=1S/C17H20N2O3S/c1-12-3-6-15(7-4-12)23-17-8-5-14(9-16(17)19(21)22)11-18-10-13(2)20/h3-9,13,18,20H,10-11H2,1-2H3. The Labute approximate surface area is 139 Å². The highest BCUT2D eigenvalue weighted by Crippen LogP contribution is 2.35. The van der Waals surface area contributed by atoms with Crippen molar-refractivity contribution in [3.05, 3.63) is 63.7 Å². The summed E-state index contributed by atoms with van der Waals surface area (Å²) in [6.07, 6.45) is -0.443. The van der Waals surface area contributed by atoms with Crippen molar-refractivity contribution in [3.8, 4) is 0 Å². The number of benzene rings is 2. The molecule has 0 amide bonds. The molecule has 0 bridgehead atoms. The molecule has 2 aromatic rings. The van der Waals surface area contributed by atoms with E-state index in [1.54, 1.807) is 19.1 Å². The van der Waals surface area contributed by atoms with Crippen LogP contribution in [0.25, 0.3) is 0 Å². The minimum Gasteiger partial charge on any atom is -0.392 e. The summed E-state index contributed by atoms with van der Waals surface area (Å²) in [6, 6.07) is 13.1. The van der Waals surface area contributed by atoms with E-state index in [-0.39, 0.29) is 10.6 Å². The van der Waals surface area contributed by atoms with E-state index < -0.39 is 6.10 Å². The average Bonchev–Trinajstić information content (AvgIpc) is 2.50. The van der Waals surface area contributed by atoms with Gasteiger partial charge in [-0.25, -0.2) is 0 Å². The summed E-state index contributed by atoms with van der Waals surface area (Å²) in [5, 5.41) is 23.6. The van der Waals surface area contributed by atoms with E-state index in [2.05, 4.69) is 5.32 Å². The number of hydrogen-bond acceptors (Lipinski definition) is 5. The quantitative estimate of drug-likeness (QED) is 0.599. The second kappa shape index (κ2) is 8.10. The molecular formula is C17H20N2O3S. The molecule has 2 rings (SSSR count). The molecule has 0 fully saturated rings. The van der Waals surface area contributed by atoms with E-state index >= 15 is 0 Å². The zero-order chi connectivity index (χ0) is 16.8. The zero-order valence-corrected chi connectivity index (χ0v) is 14.0. The van der Waals surface area contributed by atoms with Crippen molar-refractivity contribution in [2.45, 2.75) is 36.3 Å². The number of aliphatic hydroxyl groups excluding tert-OH is 1. The van der Waals surface area contributed by atoms with Gasteiger partial charge in [0, 0.05) is 24.1 Å². The normalized spacial score (nSPS) is 12.1. The van der Waals surface area contributed by atoms with Crippen molar-refractivity contribution in [1.82, 2.24) is 5.32 Å². The molecule has 2 aromatic carbocycles. The zero-order valence-electron chi connectivity index (χ0n) is 13.2. The lowest BCUT2D eigenvalue weighted by Gasteiger charge is -2.09. The molecule has 0 saturated heterocycles. The molecule has 122 valence electrons. The first-order valence-electron chi connectivity index (χ1n) is 7.36. The van der Waals surface area contributed by atoms with E-state index in [0.717, 1.165) is 16.0 Å². The smallest absolute Gasteiger partial charge is 0.283 e. The largest absolute Gasteiger partial charge is 0.392 e. The Morgan fingerprint density at radius 3 is 2.57 bits per heavy atom. The molecule has 2 N–H and O–H groups in total. The number of nitro groups is 1. The minimum absolute atomic E-state index is 0.104. The summed E-state index contributed by atoms with van der Waals surface area (Å²) in [7, 11) is 0. The number of nitrogens with zero attached hydrogens (tertiary/aromatic N) is 1. The Morgan fingerprint density at radius 1 is 1.26 bits per heavy atom. The number of nitrogens with one attached hydrogen (secondary N) is 1. The first-order chi connectivity index (χ1) is 11.0. The van der Waals surface area contributed by atoms with Crippen LogP contribution in [0.15, 0.2) is 52.3 Å². The van der Waals surface area contributed by atoms with Gasteiger partial charge in [-0.1, -0.05) is 35.5 Å². The first kappa shape index (κ1) is 17.5. The number of aryl methyl sites for hydroxylation is 1. The summed E-state index contributed by atoms with van der Waals surface area (Å²) < 4.78 is 0. The average molecular weight is 332 g/mol. The Bertz CT molecular complexity index is 672. The third-order valence-electron chi connectivity index (χ3n) is 3.24. The van der Waals surface area contributed by atoms with Crippen LogP contribution in [0.1, 0.15) is 18.1 Å². The van der Waals surface area contributed by atoms with Gasteiger partial charge >= 0.3 is 0 Å². The van der Waals surface area contributed by atoms with E-state index in [4.69, 9.17) is 0 Å². The van der Waals surface area contributed by atoms with Crippen molar-refractivity contribution in [2.24, 2.45) is 0 Å². The maximum atomic E-state index is 11.3. The van der Waals surface area contributed by atoms with Gasteiger partial charge in [-0.2, -0.15) is 0 Å². The van der Waals surface area contributed by atoms with Crippen molar-refractivity contribution in [1.29, 1.82) is 0 Å². The van der Waals surface area contributed by atoms with E-state index in [0.29, 0.717) is 18.0 Å². The third kappa shape index (κ3) is 5.35. The maximum absolute atomic E-state index is 11.3. The number of rotatable bonds is 7. The maximum Gasteiger partial charge on any atom is 0.283 e. The number of nitro benzene ring substituents is 1. The van der Waals surface area contributed by atoms with Gasteiger partial charge in [-0.3, -0.25) is 10.1 Å². The van der Waals surface area contributed by atoms with Crippen molar-refractivity contribution in [3.63, 3.8) is 0 Å². The molecule has 0 saturated carbocycles. The summed E-state index contributed by atoms with van der Waals surface area (Å²) in [5.74, 6) is 0. The van der Waals surface area contributed by atoms with Gasteiger partial charge in [0.05, 0.1) is 15.9 Å². The molecule has 6 heteroatoms. The second-order valence-electron chi connectivity index (χ2n) is 5.45. The summed E-state index contributed by atoms with van der Waals surface area (Å²) in [5.41, 5.74) is 2.08. The summed E-state index contributed by atoms with van der Waals surface area (Å²) in [6.45, 7) is 4.64. The van der Waals surface area contributed by atoms with Crippen LogP contribution in [-0.2, 0) is 6.54 Å². The topological polar surface area (TPSA) is 75.4 Å². The minimum atomic E-state index is -0.443. The molecule has 0 heterocycles. The second-order valence-corrected chi connectivity index (χ2v) is 6.57. The van der Waals surface area contributed by atoms with Crippen molar-refractivity contribution >= 4 is 17.4 Å². The van der Waals surface area contributed by atoms with Crippen molar-refractivity contribution in [2.75, 3.05) is 6.54 Å². The lowest BCUT2D eigenvalue weighted by molar-refractivity contribution is -0.387. The van der Waals surface area contributed by atoms with Gasteiger partial charge in [0.1, 0.15) is 0 Å². The molecule has 1 atom stereocenters. The van der Waals surface area contributed by atoms with E-state index in [9.17, 15) is 15.2 Å². The number of hydrogen-bond donors (Lipinski definition) is 2. The molecule has 1 unspecified atom stereocenters. The van der Waals surface area contributed by atoms with Crippen molar-refractivity contribution < 1.29 is 10.0 Å². The van der Waals surface area contributed by atoms with Crippen LogP contribution in [0.4, 0.5) is 5.69 Å². The molecule has 0 spiro atoms. The molecule has 0 aliphatic rings. The molecular weight excluding hydrogens is 312 g/mol. The lowest BCUT2D eigenvalue weighted by atomic mass is 10.2. The fraction of sp³-hybridized carbons (Fsp3) is 0.294. The highest BCUT2D eigenvalue weighted by atomic mass is 32.2. The Hall–Kier alpha value is -1.89. The van der Waals surface area contributed by atoms with Gasteiger partial charge in [0.25, 0.3) is 5.69 Å². The summed E-state index contributed by atoms with van der Waals surface area (Å²) >= 11 is 1.39. The van der Waals surface area contributed by atoms with Crippen LogP contribution in [0.2, 0.25) is 0 Å². The van der Waals surface area contributed by atoms with Crippen LogP contribution in [0.5, 0.6) is 0 Å². The molecule has 5 nitrogen and oxygen atoms in total. The van der Waals surface area contributed by atoms with E-state index in [1.165, 1.54) is 11.8 Å². The fourth-order valence-corrected chi connectivity index (χ4v) is 2.96. The van der Waals surface area contributed by atoms with Crippen LogP contribution < -0.4 is 5.32 Å². The van der Waals surface area contributed by atoms with Gasteiger partial charge < -0.3 is 10.4 Å².